The third-order valence-corrected chi connectivity index (χ3v) is 3.08. The molecule has 20 heavy (non-hydrogen) atoms. The second-order valence-electron chi connectivity index (χ2n) is 4.45. The third-order valence-electron chi connectivity index (χ3n) is 3.08. The molecule has 0 aliphatic heterocycles. The lowest BCUT2D eigenvalue weighted by atomic mass is 9.98. The number of nitrogens with two attached hydrogens (primary N) is 1. The van der Waals surface area contributed by atoms with E-state index < -0.39 is 0 Å². The molecule has 98 valence electrons. The van der Waals surface area contributed by atoms with Crippen LogP contribution in [0.4, 0.5) is 5.69 Å². The van der Waals surface area contributed by atoms with E-state index in [2.05, 4.69) is 9.97 Å². The van der Waals surface area contributed by atoms with Crippen LogP contribution in [0.3, 0.4) is 0 Å². The van der Waals surface area contributed by atoms with E-state index in [0.717, 1.165) is 11.1 Å². The van der Waals surface area contributed by atoms with Crippen LogP contribution in [0.2, 0.25) is 0 Å². The van der Waals surface area contributed by atoms with Crippen molar-refractivity contribution in [1.29, 1.82) is 0 Å². The highest BCUT2D eigenvalue weighted by Crippen LogP contribution is 2.39. The zero-order chi connectivity index (χ0) is 13.9. The number of aromatic hydroxyl groups is 1. The molecule has 0 saturated carbocycles. The lowest BCUT2D eigenvalue weighted by Gasteiger charge is -2.11. The molecule has 3 rings (SSSR count). The average molecular weight is 263 g/mol. The Labute approximate surface area is 116 Å². The number of pyridine rings is 2. The summed E-state index contributed by atoms with van der Waals surface area (Å²) in [6.45, 7) is 0. The molecule has 2 aromatic heterocycles. The Morgan fingerprint density at radius 1 is 0.850 bits per heavy atom. The van der Waals surface area contributed by atoms with Crippen molar-refractivity contribution in [2.24, 2.45) is 0 Å². The highest BCUT2D eigenvalue weighted by Gasteiger charge is 2.12. The standard InChI is InChI=1S/C16H13N3O/c17-13-7-14(11-3-1-5-18-9-11)16(20)15(8-13)12-4-2-6-19-10-12/h1-10,20H,17H2. The summed E-state index contributed by atoms with van der Waals surface area (Å²) in [5, 5.41) is 10.5. The molecule has 4 heteroatoms. The predicted molar refractivity (Wildman–Crippen MR) is 79.0 cm³/mol. The first-order valence-corrected chi connectivity index (χ1v) is 6.19. The van der Waals surface area contributed by atoms with Gasteiger partial charge in [0.25, 0.3) is 0 Å². The van der Waals surface area contributed by atoms with Gasteiger partial charge in [-0.2, -0.15) is 0 Å². The highest BCUT2D eigenvalue weighted by molar-refractivity contribution is 5.84. The number of anilines is 1. The fraction of sp³-hybridized carbons (Fsp3) is 0. The van der Waals surface area contributed by atoms with E-state index >= 15 is 0 Å². The van der Waals surface area contributed by atoms with Crippen molar-refractivity contribution in [3.8, 4) is 28.0 Å². The predicted octanol–water partition coefficient (Wildman–Crippen LogP) is 3.10. The topological polar surface area (TPSA) is 72.0 Å². The van der Waals surface area contributed by atoms with Crippen LogP contribution in [0.5, 0.6) is 5.75 Å². The average Bonchev–Trinajstić information content (AvgIpc) is 2.51. The molecule has 0 saturated heterocycles. The van der Waals surface area contributed by atoms with Gasteiger partial charge in [-0.1, -0.05) is 12.1 Å². The number of hydrogen-bond donors (Lipinski definition) is 2. The minimum atomic E-state index is 0.181. The number of aromatic nitrogens is 2. The highest BCUT2D eigenvalue weighted by atomic mass is 16.3. The van der Waals surface area contributed by atoms with E-state index in [9.17, 15) is 5.11 Å². The summed E-state index contributed by atoms with van der Waals surface area (Å²) >= 11 is 0. The number of phenols is 1. The summed E-state index contributed by atoms with van der Waals surface area (Å²) in [4.78, 5) is 8.14. The molecule has 3 N–H and O–H groups in total. The van der Waals surface area contributed by atoms with Gasteiger partial charge in [0.15, 0.2) is 0 Å². The number of rotatable bonds is 2. The molecule has 0 bridgehead atoms. The molecular weight excluding hydrogens is 250 g/mol. The van der Waals surface area contributed by atoms with Crippen molar-refractivity contribution in [3.05, 3.63) is 61.2 Å². The number of hydrogen-bond acceptors (Lipinski definition) is 4. The second-order valence-corrected chi connectivity index (χ2v) is 4.45. The molecule has 0 spiro atoms. The Bertz CT molecular complexity index is 667. The van der Waals surface area contributed by atoms with Crippen molar-refractivity contribution >= 4 is 5.69 Å². The van der Waals surface area contributed by atoms with Gasteiger partial charge < -0.3 is 10.8 Å². The fourth-order valence-electron chi connectivity index (χ4n) is 2.14. The zero-order valence-electron chi connectivity index (χ0n) is 10.7. The molecule has 0 unspecified atom stereocenters. The third kappa shape index (κ3) is 2.19. The lowest BCUT2D eigenvalue weighted by molar-refractivity contribution is 0.479. The summed E-state index contributed by atoms with van der Waals surface area (Å²) in [5.41, 5.74) is 9.51. The molecule has 0 atom stereocenters. The van der Waals surface area contributed by atoms with E-state index in [1.807, 2.05) is 24.3 Å². The maximum atomic E-state index is 10.5. The summed E-state index contributed by atoms with van der Waals surface area (Å²) in [6.07, 6.45) is 6.77. The minimum Gasteiger partial charge on any atom is -0.507 e. The van der Waals surface area contributed by atoms with Crippen LogP contribution in [0.1, 0.15) is 0 Å². The van der Waals surface area contributed by atoms with Crippen molar-refractivity contribution in [2.45, 2.75) is 0 Å². The Morgan fingerprint density at radius 2 is 1.35 bits per heavy atom. The molecule has 4 nitrogen and oxygen atoms in total. The fourth-order valence-corrected chi connectivity index (χ4v) is 2.14. The van der Waals surface area contributed by atoms with E-state index in [1.54, 1.807) is 36.9 Å². The first-order chi connectivity index (χ1) is 9.75. The zero-order valence-corrected chi connectivity index (χ0v) is 10.7. The van der Waals surface area contributed by atoms with Gasteiger partial charge in [0.2, 0.25) is 0 Å². The number of benzene rings is 1. The second kappa shape index (κ2) is 5.01. The van der Waals surface area contributed by atoms with Crippen LogP contribution in [-0.4, -0.2) is 15.1 Å². The maximum Gasteiger partial charge on any atom is 0.131 e. The molecule has 2 heterocycles. The van der Waals surface area contributed by atoms with Gasteiger partial charge in [0, 0.05) is 52.7 Å². The Balaban J connectivity index is 2.22. The van der Waals surface area contributed by atoms with Crippen LogP contribution in [-0.2, 0) is 0 Å². The molecule has 1 aromatic carbocycles. The van der Waals surface area contributed by atoms with Crippen molar-refractivity contribution in [2.75, 3.05) is 5.73 Å². The van der Waals surface area contributed by atoms with Gasteiger partial charge in [0.1, 0.15) is 5.75 Å². The van der Waals surface area contributed by atoms with Crippen LogP contribution >= 0.6 is 0 Å². The molecule has 0 aliphatic rings. The summed E-state index contributed by atoms with van der Waals surface area (Å²) in [6, 6.07) is 10.9. The SMILES string of the molecule is Nc1cc(-c2cccnc2)c(O)c(-c2cccnc2)c1. The summed E-state index contributed by atoms with van der Waals surface area (Å²) in [5.74, 6) is 0.181. The summed E-state index contributed by atoms with van der Waals surface area (Å²) < 4.78 is 0. The first kappa shape index (κ1) is 12.2. The quantitative estimate of drug-likeness (QED) is 0.550. The maximum absolute atomic E-state index is 10.5. The van der Waals surface area contributed by atoms with Gasteiger partial charge in [-0.15, -0.1) is 0 Å². The van der Waals surface area contributed by atoms with Gasteiger partial charge in [-0.3, -0.25) is 9.97 Å². The Hall–Kier alpha value is -2.88. The largest absolute Gasteiger partial charge is 0.507 e. The number of phenolic OH excluding ortho intramolecular Hbond substituents is 1. The number of nitrogen functional groups attached to an aromatic ring is 1. The van der Waals surface area contributed by atoms with Gasteiger partial charge in [0.05, 0.1) is 0 Å². The van der Waals surface area contributed by atoms with Crippen molar-refractivity contribution < 1.29 is 5.11 Å². The van der Waals surface area contributed by atoms with E-state index in [1.165, 1.54) is 0 Å². The van der Waals surface area contributed by atoms with Gasteiger partial charge >= 0.3 is 0 Å². The smallest absolute Gasteiger partial charge is 0.131 e. The first-order valence-electron chi connectivity index (χ1n) is 6.19. The minimum absolute atomic E-state index is 0.181. The van der Waals surface area contributed by atoms with Crippen LogP contribution < -0.4 is 5.73 Å². The van der Waals surface area contributed by atoms with E-state index in [-0.39, 0.29) is 5.75 Å². The van der Waals surface area contributed by atoms with Crippen molar-refractivity contribution in [1.82, 2.24) is 9.97 Å². The molecule has 0 fully saturated rings. The van der Waals surface area contributed by atoms with Crippen LogP contribution in [0.25, 0.3) is 22.3 Å². The van der Waals surface area contributed by atoms with Gasteiger partial charge in [-0.05, 0) is 24.3 Å². The van der Waals surface area contributed by atoms with E-state index in [4.69, 9.17) is 5.73 Å². The number of nitrogens with zero attached hydrogens (tertiary/aromatic N) is 2. The monoisotopic (exact) mass is 263 g/mol. The molecule has 3 aromatic rings. The molecule has 0 amide bonds. The molecule has 0 radical (unpaired) electrons. The van der Waals surface area contributed by atoms with E-state index in [0.29, 0.717) is 16.8 Å². The lowest BCUT2D eigenvalue weighted by Crippen LogP contribution is -1.91. The Morgan fingerprint density at radius 3 is 1.75 bits per heavy atom. The van der Waals surface area contributed by atoms with Crippen molar-refractivity contribution in [3.63, 3.8) is 0 Å². The summed E-state index contributed by atoms with van der Waals surface area (Å²) in [7, 11) is 0. The molecular formula is C16H13N3O. The van der Waals surface area contributed by atoms with Crippen LogP contribution in [0, 0.1) is 0 Å². The van der Waals surface area contributed by atoms with Crippen LogP contribution in [0.15, 0.2) is 61.2 Å². The molecule has 0 aliphatic carbocycles. The normalized spacial score (nSPS) is 10.4. The van der Waals surface area contributed by atoms with Gasteiger partial charge in [-0.25, -0.2) is 0 Å². The Kier molecular flexibility index (Phi) is 3.05.